The van der Waals surface area contributed by atoms with Gasteiger partial charge < -0.3 is 14.7 Å². The van der Waals surface area contributed by atoms with E-state index in [2.05, 4.69) is 23.1 Å². The van der Waals surface area contributed by atoms with Crippen molar-refractivity contribution in [1.82, 2.24) is 0 Å². The van der Waals surface area contributed by atoms with Crippen LogP contribution in [0.4, 0.5) is 5.69 Å². The molecule has 0 bridgehead atoms. The Morgan fingerprint density at radius 1 is 1.33 bits per heavy atom. The summed E-state index contributed by atoms with van der Waals surface area (Å²) >= 11 is 0. The summed E-state index contributed by atoms with van der Waals surface area (Å²) in [5.41, 5.74) is 3.86. The molecule has 0 aromatic heterocycles. The maximum atomic E-state index is 10.7. The number of ether oxygens (including phenoxy) is 1. The highest BCUT2D eigenvalue weighted by Gasteiger charge is 2.23. The third kappa shape index (κ3) is 3.56. The predicted octanol–water partition coefficient (Wildman–Crippen LogP) is 2.49. The molecule has 114 valence electrons. The van der Waals surface area contributed by atoms with Gasteiger partial charge in [-0.3, -0.25) is 4.79 Å². The minimum atomic E-state index is -0.727. The highest BCUT2D eigenvalue weighted by Crippen LogP contribution is 2.31. The number of aliphatic carboxylic acids is 1. The van der Waals surface area contributed by atoms with Crippen LogP contribution in [0.2, 0.25) is 0 Å². The molecule has 2 aliphatic heterocycles. The monoisotopic (exact) mass is 289 g/mol. The molecule has 0 aliphatic carbocycles. The molecule has 2 heterocycles. The molecule has 2 aliphatic rings. The summed E-state index contributed by atoms with van der Waals surface area (Å²) in [6, 6.07) is 6.46. The van der Waals surface area contributed by atoms with Gasteiger partial charge >= 0.3 is 5.97 Å². The molecular formula is C17H23NO3. The van der Waals surface area contributed by atoms with E-state index < -0.39 is 5.97 Å². The molecule has 1 aromatic carbocycles. The van der Waals surface area contributed by atoms with Gasteiger partial charge in [-0.1, -0.05) is 12.1 Å². The van der Waals surface area contributed by atoms with Crippen molar-refractivity contribution in [3.05, 3.63) is 29.3 Å². The Morgan fingerprint density at radius 3 is 2.90 bits per heavy atom. The fraction of sp³-hybridized carbons (Fsp3) is 0.588. The van der Waals surface area contributed by atoms with E-state index in [1.54, 1.807) is 0 Å². The van der Waals surface area contributed by atoms with Crippen molar-refractivity contribution in [3.8, 4) is 0 Å². The van der Waals surface area contributed by atoms with Gasteiger partial charge in [-0.05, 0) is 48.8 Å². The van der Waals surface area contributed by atoms with Crippen molar-refractivity contribution in [1.29, 1.82) is 0 Å². The number of hydrogen-bond donors (Lipinski definition) is 1. The molecule has 1 fully saturated rings. The van der Waals surface area contributed by atoms with Gasteiger partial charge in [-0.25, -0.2) is 0 Å². The van der Waals surface area contributed by atoms with Crippen molar-refractivity contribution in [2.24, 2.45) is 5.92 Å². The first kappa shape index (κ1) is 14.4. The number of benzene rings is 1. The van der Waals surface area contributed by atoms with Crippen LogP contribution in [0.5, 0.6) is 0 Å². The van der Waals surface area contributed by atoms with Crippen molar-refractivity contribution in [2.75, 3.05) is 31.2 Å². The molecule has 1 saturated heterocycles. The first-order valence-corrected chi connectivity index (χ1v) is 7.88. The Hall–Kier alpha value is -1.55. The lowest BCUT2D eigenvalue weighted by Crippen LogP contribution is -2.31. The molecule has 21 heavy (non-hydrogen) atoms. The number of hydrogen-bond acceptors (Lipinski definition) is 3. The van der Waals surface area contributed by atoms with Crippen LogP contribution in [0.25, 0.3) is 0 Å². The summed E-state index contributed by atoms with van der Waals surface area (Å²) in [7, 11) is 0. The molecular weight excluding hydrogens is 266 g/mol. The number of carboxylic acid groups (broad SMARTS) is 1. The molecule has 0 radical (unpaired) electrons. The van der Waals surface area contributed by atoms with E-state index in [4.69, 9.17) is 9.84 Å². The van der Waals surface area contributed by atoms with Crippen molar-refractivity contribution >= 4 is 11.7 Å². The number of rotatable bonds is 5. The predicted molar refractivity (Wildman–Crippen MR) is 81.9 cm³/mol. The van der Waals surface area contributed by atoms with Gasteiger partial charge in [0, 0.05) is 38.4 Å². The van der Waals surface area contributed by atoms with Gasteiger partial charge in [-0.2, -0.15) is 0 Å². The Kier molecular flexibility index (Phi) is 4.44. The van der Waals surface area contributed by atoms with E-state index >= 15 is 0 Å². The fourth-order valence-corrected chi connectivity index (χ4v) is 3.33. The first-order valence-electron chi connectivity index (χ1n) is 7.88. The summed E-state index contributed by atoms with van der Waals surface area (Å²) < 4.78 is 5.43. The zero-order chi connectivity index (χ0) is 14.7. The zero-order valence-electron chi connectivity index (χ0n) is 12.4. The Bertz CT molecular complexity index is 509. The topological polar surface area (TPSA) is 49.8 Å². The van der Waals surface area contributed by atoms with Crippen molar-refractivity contribution in [2.45, 2.75) is 32.1 Å². The third-order valence-electron chi connectivity index (χ3n) is 4.59. The quantitative estimate of drug-likeness (QED) is 0.905. The number of carboxylic acids is 1. The van der Waals surface area contributed by atoms with Crippen LogP contribution in [-0.2, 0) is 22.4 Å². The Balaban J connectivity index is 1.67. The number of anilines is 1. The normalized spacial score (nSPS) is 18.8. The lowest BCUT2D eigenvalue weighted by Gasteiger charge is -2.28. The zero-order valence-corrected chi connectivity index (χ0v) is 12.4. The first-order chi connectivity index (χ1) is 10.2. The van der Waals surface area contributed by atoms with Crippen molar-refractivity contribution in [3.63, 3.8) is 0 Å². The van der Waals surface area contributed by atoms with Gasteiger partial charge in [0.1, 0.15) is 0 Å². The van der Waals surface area contributed by atoms with Crippen LogP contribution < -0.4 is 4.90 Å². The summed E-state index contributed by atoms with van der Waals surface area (Å²) in [6.45, 7) is 3.99. The van der Waals surface area contributed by atoms with Crippen LogP contribution in [0.3, 0.4) is 0 Å². The summed E-state index contributed by atoms with van der Waals surface area (Å²) in [4.78, 5) is 13.2. The SMILES string of the molecule is O=C(O)CCc1ccc2c(c1)N(CC1CCOCC1)CC2. The summed E-state index contributed by atoms with van der Waals surface area (Å²) in [5.74, 6) is 0.00179. The molecule has 1 aromatic rings. The Labute approximate surface area is 125 Å². The van der Waals surface area contributed by atoms with Crippen LogP contribution in [0.15, 0.2) is 18.2 Å². The number of carbonyl (C=O) groups is 1. The second kappa shape index (κ2) is 6.48. The van der Waals surface area contributed by atoms with Gasteiger partial charge in [0.2, 0.25) is 0 Å². The fourth-order valence-electron chi connectivity index (χ4n) is 3.33. The van der Waals surface area contributed by atoms with Gasteiger partial charge in [0.25, 0.3) is 0 Å². The molecule has 1 N–H and O–H groups in total. The number of aryl methyl sites for hydroxylation is 1. The van der Waals surface area contributed by atoms with Crippen molar-refractivity contribution < 1.29 is 14.6 Å². The van der Waals surface area contributed by atoms with Gasteiger partial charge in [0.15, 0.2) is 0 Å². The molecule has 0 unspecified atom stereocenters. The average Bonchev–Trinajstić information content (AvgIpc) is 2.89. The molecule has 0 atom stereocenters. The van der Waals surface area contributed by atoms with E-state index in [0.29, 0.717) is 6.42 Å². The minimum Gasteiger partial charge on any atom is -0.481 e. The van der Waals surface area contributed by atoms with Crippen LogP contribution in [0, 0.1) is 5.92 Å². The maximum Gasteiger partial charge on any atom is 0.303 e. The second-order valence-corrected chi connectivity index (χ2v) is 6.11. The Morgan fingerprint density at radius 2 is 2.14 bits per heavy atom. The standard InChI is InChI=1S/C17H23NO3/c19-17(20)4-2-13-1-3-15-5-8-18(16(15)11-13)12-14-6-9-21-10-7-14/h1,3,11,14H,2,4-10,12H2,(H,19,20). The van der Waals surface area contributed by atoms with E-state index in [1.807, 2.05) is 0 Å². The lowest BCUT2D eigenvalue weighted by atomic mass is 9.99. The van der Waals surface area contributed by atoms with E-state index in [1.165, 1.54) is 11.3 Å². The summed E-state index contributed by atoms with van der Waals surface area (Å²) in [6.07, 6.45) is 4.25. The number of nitrogens with zero attached hydrogens (tertiary/aromatic N) is 1. The maximum absolute atomic E-state index is 10.7. The van der Waals surface area contributed by atoms with E-state index in [0.717, 1.165) is 57.0 Å². The minimum absolute atomic E-state index is 0.207. The molecule has 4 heteroatoms. The average molecular weight is 289 g/mol. The van der Waals surface area contributed by atoms with Gasteiger partial charge in [0.05, 0.1) is 0 Å². The van der Waals surface area contributed by atoms with Crippen LogP contribution in [-0.4, -0.2) is 37.4 Å². The van der Waals surface area contributed by atoms with E-state index in [9.17, 15) is 4.79 Å². The molecule has 0 amide bonds. The molecule has 3 rings (SSSR count). The van der Waals surface area contributed by atoms with E-state index in [-0.39, 0.29) is 6.42 Å². The lowest BCUT2D eigenvalue weighted by molar-refractivity contribution is -0.136. The molecule has 4 nitrogen and oxygen atoms in total. The summed E-state index contributed by atoms with van der Waals surface area (Å²) in [5, 5.41) is 8.81. The molecule has 0 spiro atoms. The third-order valence-corrected chi connectivity index (χ3v) is 4.59. The largest absolute Gasteiger partial charge is 0.481 e. The highest BCUT2D eigenvalue weighted by molar-refractivity contribution is 5.67. The van der Waals surface area contributed by atoms with Gasteiger partial charge in [-0.15, -0.1) is 0 Å². The number of fused-ring (bicyclic) bond motifs is 1. The second-order valence-electron chi connectivity index (χ2n) is 6.11. The molecule has 0 saturated carbocycles. The van der Waals surface area contributed by atoms with Crippen LogP contribution in [0.1, 0.15) is 30.4 Å². The smallest absolute Gasteiger partial charge is 0.303 e. The highest BCUT2D eigenvalue weighted by atomic mass is 16.5. The van der Waals surface area contributed by atoms with Crippen LogP contribution >= 0.6 is 0 Å².